The van der Waals surface area contributed by atoms with Crippen molar-refractivity contribution in [1.29, 1.82) is 0 Å². The summed E-state index contributed by atoms with van der Waals surface area (Å²) in [5, 5.41) is 3.55. The van der Waals surface area contributed by atoms with E-state index in [-0.39, 0.29) is 0 Å². The van der Waals surface area contributed by atoms with Gasteiger partial charge in [0.2, 0.25) is 0 Å². The Morgan fingerprint density at radius 2 is 1.40 bits per heavy atom. The highest BCUT2D eigenvalue weighted by molar-refractivity contribution is 5.38. The predicted octanol–water partition coefficient (Wildman–Crippen LogP) is 3.67. The largest absolute Gasteiger partial charge is 0.308 e. The van der Waals surface area contributed by atoms with E-state index in [1.54, 1.807) is 0 Å². The summed E-state index contributed by atoms with van der Waals surface area (Å²) >= 11 is 0. The molecular formula is C14H23N. The van der Waals surface area contributed by atoms with Crippen LogP contribution in [0, 0.1) is 20.8 Å². The fraction of sp³-hybridized carbons (Fsp3) is 0.571. The molecule has 0 saturated carbocycles. The SMILES string of the molecule is Cc1cc(C)c(C(C)NC(C)C)cc1C. The fourth-order valence-electron chi connectivity index (χ4n) is 2.04. The van der Waals surface area contributed by atoms with E-state index in [0.29, 0.717) is 12.1 Å². The minimum absolute atomic E-state index is 0.435. The molecule has 1 rings (SSSR count). The highest BCUT2D eigenvalue weighted by Gasteiger charge is 2.10. The molecule has 0 fully saturated rings. The lowest BCUT2D eigenvalue weighted by Crippen LogP contribution is -2.26. The normalized spacial score (nSPS) is 13.3. The molecule has 15 heavy (non-hydrogen) atoms. The number of nitrogens with one attached hydrogen (secondary N) is 1. The number of rotatable bonds is 3. The van der Waals surface area contributed by atoms with Gasteiger partial charge in [0.15, 0.2) is 0 Å². The lowest BCUT2D eigenvalue weighted by Gasteiger charge is -2.20. The third-order valence-corrected chi connectivity index (χ3v) is 2.93. The first kappa shape index (κ1) is 12.3. The zero-order chi connectivity index (χ0) is 11.6. The van der Waals surface area contributed by atoms with E-state index in [9.17, 15) is 0 Å². The van der Waals surface area contributed by atoms with E-state index in [0.717, 1.165) is 0 Å². The lowest BCUT2D eigenvalue weighted by atomic mass is 9.96. The van der Waals surface area contributed by atoms with E-state index in [1.165, 1.54) is 22.3 Å². The minimum Gasteiger partial charge on any atom is -0.308 e. The van der Waals surface area contributed by atoms with Crippen LogP contribution in [-0.2, 0) is 0 Å². The number of aryl methyl sites for hydroxylation is 3. The molecule has 1 aromatic carbocycles. The molecule has 0 bridgehead atoms. The van der Waals surface area contributed by atoms with Crippen molar-refractivity contribution in [3.05, 3.63) is 34.4 Å². The molecule has 0 aliphatic heterocycles. The zero-order valence-electron chi connectivity index (χ0n) is 10.8. The Kier molecular flexibility index (Phi) is 3.92. The van der Waals surface area contributed by atoms with Gasteiger partial charge in [-0.3, -0.25) is 0 Å². The summed E-state index contributed by atoms with van der Waals surface area (Å²) in [5.41, 5.74) is 5.58. The monoisotopic (exact) mass is 205 g/mol. The van der Waals surface area contributed by atoms with Gasteiger partial charge < -0.3 is 5.32 Å². The van der Waals surface area contributed by atoms with E-state index >= 15 is 0 Å². The molecule has 1 atom stereocenters. The van der Waals surface area contributed by atoms with Crippen LogP contribution in [-0.4, -0.2) is 6.04 Å². The summed E-state index contributed by atoms with van der Waals surface area (Å²) in [7, 11) is 0. The van der Waals surface area contributed by atoms with Crippen molar-refractivity contribution in [1.82, 2.24) is 5.32 Å². The Bertz CT molecular complexity index is 339. The number of hydrogen-bond acceptors (Lipinski definition) is 1. The fourth-order valence-corrected chi connectivity index (χ4v) is 2.04. The second kappa shape index (κ2) is 4.80. The quantitative estimate of drug-likeness (QED) is 0.794. The van der Waals surface area contributed by atoms with Gasteiger partial charge in [-0.15, -0.1) is 0 Å². The van der Waals surface area contributed by atoms with Gasteiger partial charge in [-0.25, -0.2) is 0 Å². The third-order valence-electron chi connectivity index (χ3n) is 2.93. The molecule has 0 aliphatic carbocycles. The molecule has 0 heterocycles. The Balaban J connectivity index is 2.98. The third kappa shape index (κ3) is 3.07. The topological polar surface area (TPSA) is 12.0 Å². The van der Waals surface area contributed by atoms with Crippen molar-refractivity contribution in [3.63, 3.8) is 0 Å². The van der Waals surface area contributed by atoms with Crippen LogP contribution in [0.4, 0.5) is 0 Å². The second-order valence-corrected chi connectivity index (χ2v) is 4.84. The molecule has 1 heteroatoms. The average molecular weight is 205 g/mol. The van der Waals surface area contributed by atoms with Crippen LogP contribution in [0.1, 0.15) is 49.1 Å². The first-order valence-electron chi connectivity index (χ1n) is 5.75. The molecule has 84 valence electrons. The Morgan fingerprint density at radius 3 is 1.93 bits per heavy atom. The van der Waals surface area contributed by atoms with Crippen LogP contribution >= 0.6 is 0 Å². The van der Waals surface area contributed by atoms with Gasteiger partial charge in [-0.2, -0.15) is 0 Å². The Labute approximate surface area is 93.9 Å². The van der Waals surface area contributed by atoms with Crippen molar-refractivity contribution in [2.75, 3.05) is 0 Å². The summed E-state index contributed by atoms with van der Waals surface area (Å²) in [4.78, 5) is 0. The van der Waals surface area contributed by atoms with Crippen molar-refractivity contribution >= 4 is 0 Å². The highest BCUT2D eigenvalue weighted by Crippen LogP contribution is 2.21. The Hall–Kier alpha value is -0.820. The standard InChI is InChI=1S/C14H23N/c1-9(2)15-13(6)14-8-11(4)10(3)7-12(14)5/h7-9,13,15H,1-6H3. The minimum atomic E-state index is 0.435. The molecule has 0 aliphatic rings. The zero-order valence-corrected chi connectivity index (χ0v) is 10.8. The second-order valence-electron chi connectivity index (χ2n) is 4.84. The van der Waals surface area contributed by atoms with Gasteiger partial charge in [-0.05, 0) is 49.9 Å². The maximum absolute atomic E-state index is 3.55. The first-order valence-corrected chi connectivity index (χ1v) is 5.75. The van der Waals surface area contributed by atoms with Gasteiger partial charge in [-0.1, -0.05) is 26.0 Å². The van der Waals surface area contributed by atoms with Crippen LogP contribution < -0.4 is 5.32 Å². The first-order chi connectivity index (χ1) is 6.91. The molecule has 0 radical (unpaired) electrons. The lowest BCUT2D eigenvalue weighted by molar-refractivity contribution is 0.504. The summed E-state index contributed by atoms with van der Waals surface area (Å²) in [6.45, 7) is 13.2. The van der Waals surface area contributed by atoms with Crippen molar-refractivity contribution in [3.8, 4) is 0 Å². The van der Waals surface area contributed by atoms with Crippen LogP contribution in [0.5, 0.6) is 0 Å². The van der Waals surface area contributed by atoms with E-state index < -0.39 is 0 Å². The molecule has 1 nitrogen and oxygen atoms in total. The van der Waals surface area contributed by atoms with E-state index in [2.05, 4.69) is 59.0 Å². The van der Waals surface area contributed by atoms with Gasteiger partial charge in [0.1, 0.15) is 0 Å². The maximum atomic E-state index is 3.55. The Morgan fingerprint density at radius 1 is 0.867 bits per heavy atom. The maximum Gasteiger partial charge on any atom is 0.0296 e. The van der Waals surface area contributed by atoms with Crippen molar-refractivity contribution < 1.29 is 0 Å². The summed E-state index contributed by atoms with van der Waals surface area (Å²) < 4.78 is 0. The smallest absolute Gasteiger partial charge is 0.0296 e. The van der Waals surface area contributed by atoms with E-state index in [4.69, 9.17) is 0 Å². The molecule has 1 unspecified atom stereocenters. The van der Waals surface area contributed by atoms with Crippen LogP contribution in [0.15, 0.2) is 12.1 Å². The predicted molar refractivity (Wildman–Crippen MR) is 67.3 cm³/mol. The van der Waals surface area contributed by atoms with Crippen LogP contribution in [0.2, 0.25) is 0 Å². The molecule has 0 amide bonds. The molecule has 1 N–H and O–H groups in total. The van der Waals surface area contributed by atoms with Gasteiger partial charge in [0.05, 0.1) is 0 Å². The molecule has 1 aromatic rings. The molecular weight excluding hydrogens is 182 g/mol. The van der Waals surface area contributed by atoms with Crippen LogP contribution in [0.3, 0.4) is 0 Å². The summed E-state index contributed by atoms with van der Waals surface area (Å²) in [5.74, 6) is 0. The molecule has 0 spiro atoms. The summed E-state index contributed by atoms with van der Waals surface area (Å²) in [6, 6.07) is 5.55. The number of hydrogen-bond donors (Lipinski definition) is 1. The highest BCUT2D eigenvalue weighted by atomic mass is 14.9. The van der Waals surface area contributed by atoms with Gasteiger partial charge in [0.25, 0.3) is 0 Å². The van der Waals surface area contributed by atoms with Crippen LogP contribution in [0.25, 0.3) is 0 Å². The summed E-state index contributed by atoms with van der Waals surface area (Å²) in [6.07, 6.45) is 0. The molecule has 0 saturated heterocycles. The van der Waals surface area contributed by atoms with Crippen molar-refractivity contribution in [2.45, 2.75) is 53.6 Å². The van der Waals surface area contributed by atoms with E-state index in [1.807, 2.05) is 0 Å². The average Bonchev–Trinajstić information content (AvgIpc) is 2.09. The molecule has 0 aromatic heterocycles. The number of benzene rings is 1. The van der Waals surface area contributed by atoms with Gasteiger partial charge >= 0.3 is 0 Å². The van der Waals surface area contributed by atoms with Gasteiger partial charge in [0, 0.05) is 12.1 Å². The van der Waals surface area contributed by atoms with Crippen molar-refractivity contribution in [2.24, 2.45) is 0 Å².